The Bertz CT molecular complexity index is 753. The van der Waals surface area contributed by atoms with E-state index >= 15 is 0 Å². The molecule has 0 fully saturated rings. The molecule has 0 aliphatic carbocycles. The third kappa shape index (κ3) is 2.66. The van der Waals surface area contributed by atoms with Gasteiger partial charge in [0.15, 0.2) is 0 Å². The monoisotopic (exact) mass is 281 g/mol. The molecule has 0 saturated heterocycles. The van der Waals surface area contributed by atoms with E-state index in [1.165, 1.54) is 0 Å². The number of rotatable bonds is 4. The fourth-order valence-electron chi connectivity index (χ4n) is 2.08. The van der Waals surface area contributed by atoms with E-state index in [9.17, 15) is 0 Å². The summed E-state index contributed by atoms with van der Waals surface area (Å²) in [6.07, 6.45) is 4.27. The van der Waals surface area contributed by atoms with Gasteiger partial charge in [-0.05, 0) is 30.2 Å². The lowest BCUT2D eigenvalue weighted by Gasteiger charge is -2.00. The lowest BCUT2D eigenvalue weighted by molar-refractivity contribution is 0.432. The largest absolute Gasteiger partial charge is 0.334 e. The molecule has 0 radical (unpaired) electrons. The van der Waals surface area contributed by atoms with Gasteiger partial charge in [0.2, 0.25) is 5.82 Å². The zero-order valence-corrected chi connectivity index (χ0v) is 11.7. The Morgan fingerprint density at radius 3 is 2.90 bits per heavy atom. The Labute approximate surface area is 122 Å². The summed E-state index contributed by atoms with van der Waals surface area (Å²) in [5.74, 6) is 0.934. The van der Waals surface area contributed by atoms with Crippen LogP contribution in [0.5, 0.6) is 0 Å². The normalized spacial score (nSPS) is 10.8. The van der Waals surface area contributed by atoms with Crippen LogP contribution in [0.4, 0.5) is 0 Å². The number of nitrogens with two attached hydrogens (primary N) is 1. The summed E-state index contributed by atoms with van der Waals surface area (Å²) >= 11 is 0. The quantitative estimate of drug-likeness (QED) is 0.788. The molecule has 21 heavy (non-hydrogen) atoms. The van der Waals surface area contributed by atoms with Gasteiger partial charge in [0, 0.05) is 24.5 Å². The summed E-state index contributed by atoms with van der Waals surface area (Å²) in [7, 11) is 0. The number of aromatic nitrogens is 4. The molecule has 0 saturated carbocycles. The average molecular weight is 281 g/mol. The van der Waals surface area contributed by atoms with E-state index in [0.29, 0.717) is 18.3 Å². The number of hydrogen-bond acceptors (Lipinski definition) is 6. The molecule has 106 valence electrons. The van der Waals surface area contributed by atoms with Crippen LogP contribution in [0.15, 0.2) is 41.2 Å². The summed E-state index contributed by atoms with van der Waals surface area (Å²) in [6, 6.07) is 7.57. The number of aryl methyl sites for hydroxylation is 1. The van der Waals surface area contributed by atoms with Gasteiger partial charge in [-0.1, -0.05) is 18.1 Å². The van der Waals surface area contributed by atoms with Crippen LogP contribution < -0.4 is 5.73 Å². The van der Waals surface area contributed by atoms with Crippen molar-refractivity contribution in [1.82, 2.24) is 20.1 Å². The van der Waals surface area contributed by atoms with Crippen molar-refractivity contribution in [2.24, 2.45) is 5.73 Å². The SMILES string of the molecule is CCc1cccnc1-c1noc(-c2ccnc(CN)c2)n1. The molecular weight excluding hydrogens is 266 g/mol. The van der Waals surface area contributed by atoms with Crippen LogP contribution in [0.1, 0.15) is 18.2 Å². The van der Waals surface area contributed by atoms with Crippen molar-refractivity contribution in [2.45, 2.75) is 19.9 Å². The Hall–Kier alpha value is -2.60. The molecule has 6 nitrogen and oxygen atoms in total. The minimum Gasteiger partial charge on any atom is -0.334 e. The highest BCUT2D eigenvalue weighted by atomic mass is 16.5. The average Bonchev–Trinajstić information content (AvgIpc) is 3.04. The molecule has 6 heteroatoms. The zero-order chi connectivity index (χ0) is 14.7. The molecule has 0 amide bonds. The van der Waals surface area contributed by atoms with E-state index < -0.39 is 0 Å². The predicted octanol–water partition coefficient (Wildman–Crippen LogP) is 2.21. The van der Waals surface area contributed by atoms with Gasteiger partial charge in [-0.25, -0.2) is 0 Å². The van der Waals surface area contributed by atoms with Crippen LogP contribution >= 0.6 is 0 Å². The summed E-state index contributed by atoms with van der Waals surface area (Å²) in [5.41, 5.74) is 9.01. The van der Waals surface area contributed by atoms with Gasteiger partial charge in [-0.15, -0.1) is 0 Å². The van der Waals surface area contributed by atoms with Crippen molar-refractivity contribution >= 4 is 0 Å². The second-order valence-corrected chi connectivity index (χ2v) is 4.53. The second kappa shape index (κ2) is 5.80. The van der Waals surface area contributed by atoms with Crippen LogP contribution in [0, 0.1) is 0 Å². The minimum absolute atomic E-state index is 0.370. The smallest absolute Gasteiger partial charge is 0.258 e. The molecule has 3 rings (SSSR count). The Morgan fingerprint density at radius 1 is 1.19 bits per heavy atom. The minimum atomic E-state index is 0.370. The molecule has 0 aromatic carbocycles. The van der Waals surface area contributed by atoms with Crippen molar-refractivity contribution in [3.8, 4) is 23.0 Å². The van der Waals surface area contributed by atoms with Gasteiger partial charge in [-0.3, -0.25) is 9.97 Å². The Balaban J connectivity index is 1.99. The number of hydrogen-bond donors (Lipinski definition) is 1. The van der Waals surface area contributed by atoms with E-state index in [4.69, 9.17) is 10.3 Å². The summed E-state index contributed by atoms with van der Waals surface area (Å²) in [5, 5.41) is 4.03. The van der Waals surface area contributed by atoms with Crippen molar-refractivity contribution in [2.75, 3.05) is 0 Å². The van der Waals surface area contributed by atoms with Gasteiger partial charge >= 0.3 is 0 Å². The fourth-order valence-corrected chi connectivity index (χ4v) is 2.08. The molecule has 0 aliphatic rings. The first-order valence-electron chi connectivity index (χ1n) is 6.75. The summed E-state index contributed by atoms with van der Waals surface area (Å²) in [4.78, 5) is 12.9. The highest BCUT2D eigenvalue weighted by Gasteiger charge is 2.14. The van der Waals surface area contributed by atoms with E-state index in [0.717, 1.165) is 28.9 Å². The maximum Gasteiger partial charge on any atom is 0.258 e. The third-order valence-corrected chi connectivity index (χ3v) is 3.18. The lowest BCUT2D eigenvalue weighted by atomic mass is 10.1. The fraction of sp³-hybridized carbons (Fsp3) is 0.200. The molecule has 3 heterocycles. The van der Waals surface area contributed by atoms with Crippen LogP contribution in [-0.4, -0.2) is 20.1 Å². The van der Waals surface area contributed by atoms with Crippen molar-refractivity contribution < 1.29 is 4.52 Å². The molecule has 0 spiro atoms. The number of nitrogens with zero attached hydrogens (tertiary/aromatic N) is 4. The molecule has 2 N–H and O–H groups in total. The first kappa shape index (κ1) is 13.4. The van der Waals surface area contributed by atoms with E-state index in [1.807, 2.05) is 24.3 Å². The highest BCUT2D eigenvalue weighted by Crippen LogP contribution is 2.23. The molecule has 0 atom stereocenters. The van der Waals surface area contributed by atoms with E-state index in [-0.39, 0.29) is 0 Å². The van der Waals surface area contributed by atoms with Crippen molar-refractivity contribution in [1.29, 1.82) is 0 Å². The van der Waals surface area contributed by atoms with Crippen LogP contribution in [0.2, 0.25) is 0 Å². The lowest BCUT2D eigenvalue weighted by Crippen LogP contribution is -1.99. The van der Waals surface area contributed by atoms with Gasteiger partial charge in [0.1, 0.15) is 5.69 Å². The van der Waals surface area contributed by atoms with Crippen molar-refractivity contribution in [3.63, 3.8) is 0 Å². The molecule has 0 aliphatic heterocycles. The van der Waals surface area contributed by atoms with Gasteiger partial charge in [-0.2, -0.15) is 4.98 Å². The molecule has 0 bridgehead atoms. The maximum atomic E-state index is 5.59. The topological polar surface area (TPSA) is 90.7 Å². The molecule has 3 aromatic rings. The molecule has 3 aromatic heterocycles. The first-order chi connectivity index (χ1) is 10.3. The molecular formula is C15H15N5O. The van der Waals surface area contributed by atoms with Gasteiger partial charge < -0.3 is 10.3 Å². The highest BCUT2D eigenvalue weighted by molar-refractivity contribution is 5.59. The van der Waals surface area contributed by atoms with Gasteiger partial charge in [0.05, 0.1) is 5.69 Å². The first-order valence-corrected chi connectivity index (χ1v) is 6.75. The van der Waals surface area contributed by atoms with E-state index in [2.05, 4.69) is 27.0 Å². The Kier molecular flexibility index (Phi) is 3.70. The standard InChI is InChI=1S/C15H15N5O/c1-2-10-4-3-6-18-13(10)14-19-15(21-20-14)11-5-7-17-12(8-11)9-16/h3-8H,2,9,16H2,1H3. The predicted molar refractivity (Wildman–Crippen MR) is 78.0 cm³/mol. The number of pyridine rings is 2. The third-order valence-electron chi connectivity index (χ3n) is 3.18. The van der Waals surface area contributed by atoms with Crippen molar-refractivity contribution in [3.05, 3.63) is 47.9 Å². The molecule has 0 unspecified atom stereocenters. The van der Waals surface area contributed by atoms with Crippen LogP contribution in [-0.2, 0) is 13.0 Å². The zero-order valence-electron chi connectivity index (χ0n) is 11.7. The summed E-state index contributed by atoms with van der Waals surface area (Å²) < 4.78 is 5.33. The van der Waals surface area contributed by atoms with Gasteiger partial charge in [0.25, 0.3) is 5.89 Å². The Morgan fingerprint density at radius 2 is 2.10 bits per heavy atom. The van der Waals surface area contributed by atoms with Crippen LogP contribution in [0.3, 0.4) is 0 Å². The van der Waals surface area contributed by atoms with E-state index in [1.54, 1.807) is 12.4 Å². The maximum absolute atomic E-state index is 5.59. The second-order valence-electron chi connectivity index (χ2n) is 4.53. The van der Waals surface area contributed by atoms with Crippen LogP contribution in [0.25, 0.3) is 23.0 Å². The summed E-state index contributed by atoms with van der Waals surface area (Å²) in [6.45, 7) is 2.44.